The molecule has 94 valence electrons. The standard InChI is InChI=1S/C13H18O4/c1-5-7-10-11(17-13(3,4)16-10)8-9-12(14)15-6-2/h8-11H,6H2,1-4H3. The third-order valence-corrected chi connectivity index (χ3v) is 2.12. The molecule has 1 heterocycles. The Bertz CT molecular complexity index is 359. The molecule has 17 heavy (non-hydrogen) atoms. The Kier molecular flexibility index (Phi) is 4.73. The topological polar surface area (TPSA) is 44.8 Å². The molecule has 0 aromatic heterocycles. The lowest BCUT2D eigenvalue weighted by atomic mass is 10.2. The van der Waals surface area contributed by atoms with E-state index >= 15 is 0 Å². The van der Waals surface area contributed by atoms with Gasteiger partial charge in [0.25, 0.3) is 0 Å². The molecule has 0 bridgehead atoms. The fraction of sp³-hybridized carbons (Fsp3) is 0.615. The van der Waals surface area contributed by atoms with Crippen LogP contribution in [0.5, 0.6) is 0 Å². The van der Waals surface area contributed by atoms with Crippen LogP contribution in [-0.2, 0) is 19.0 Å². The van der Waals surface area contributed by atoms with Gasteiger partial charge in [-0.05, 0) is 33.8 Å². The average Bonchev–Trinajstić information content (AvgIpc) is 2.51. The van der Waals surface area contributed by atoms with Crippen molar-refractivity contribution in [1.29, 1.82) is 0 Å². The van der Waals surface area contributed by atoms with Gasteiger partial charge in [0.15, 0.2) is 11.9 Å². The summed E-state index contributed by atoms with van der Waals surface area (Å²) in [6, 6.07) is 0. The third kappa shape index (κ3) is 4.22. The van der Waals surface area contributed by atoms with Crippen LogP contribution in [0.15, 0.2) is 12.2 Å². The summed E-state index contributed by atoms with van der Waals surface area (Å²) in [6.45, 7) is 7.48. The van der Waals surface area contributed by atoms with Gasteiger partial charge < -0.3 is 14.2 Å². The second-order valence-corrected chi connectivity index (χ2v) is 4.03. The van der Waals surface area contributed by atoms with Crippen molar-refractivity contribution in [3.05, 3.63) is 12.2 Å². The molecular formula is C13H18O4. The highest BCUT2D eigenvalue weighted by Gasteiger charge is 2.39. The zero-order valence-electron chi connectivity index (χ0n) is 10.6. The van der Waals surface area contributed by atoms with Crippen molar-refractivity contribution in [1.82, 2.24) is 0 Å². The van der Waals surface area contributed by atoms with Crippen LogP contribution >= 0.6 is 0 Å². The van der Waals surface area contributed by atoms with Gasteiger partial charge in [-0.25, -0.2) is 4.79 Å². The Labute approximate surface area is 102 Å². The van der Waals surface area contributed by atoms with Crippen molar-refractivity contribution >= 4 is 5.97 Å². The maximum Gasteiger partial charge on any atom is 0.330 e. The minimum Gasteiger partial charge on any atom is -0.463 e. The van der Waals surface area contributed by atoms with Crippen LogP contribution in [0.1, 0.15) is 27.7 Å². The molecule has 0 saturated carbocycles. The monoisotopic (exact) mass is 238 g/mol. The predicted octanol–water partition coefficient (Wildman–Crippen LogP) is 1.65. The van der Waals surface area contributed by atoms with Crippen molar-refractivity contribution in [2.75, 3.05) is 6.61 Å². The Hall–Kier alpha value is -1.31. The lowest BCUT2D eigenvalue weighted by Crippen LogP contribution is -2.21. The zero-order valence-corrected chi connectivity index (χ0v) is 10.6. The van der Waals surface area contributed by atoms with Crippen LogP contribution in [0.25, 0.3) is 0 Å². The lowest BCUT2D eigenvalue weighted by molar-refractivity contribution is -0.140. The Morgan fingerprint density at radius 2 is 2.18 bits per heavy atom. The first kappa shape index (κ1) is 13.8. The summed E-state index contributed by atoms with van der Waals surface area (Å²) in [4.78, 5) is 11.2. The largest absolute Gasteiger partial charge is 0.463 e. The summed E-state index contributed by atoms with van der Waals surface area (Å²) < 4.78 is 16.0. The van der Waals surface area contributed by atoms with Gasteiger partial charge >= 0.3 is 5.97 Å². The Morgan fingerprint density at radius 3 is 2.76 bits per heavy atom. The minimum absolute atomic E-state index is 0.346. The summed E-state index contributed by atoms with van der Waals surface area (Å²) in [7, 11) is 0. The molecule has 1 aliphatic heterocycles. The van der Waals surface area contributed by atoms with E-state index < -0.39 is 5.79 Å². The molecule has 0 amide bonds. The second kappa shape index (κ2) is 5.85. The molecule has 2 atom stereocenters. The number of hydrogen-bond acceptors (Lipinski definition) is 4. The quantitative estimate of drug-likeness (QED) is 0.426. The van der Waals surface area contributed by atoms with E-state index in [1.807, 2.05) is 13.8 Å². The molecular weight excluding hydrogens is 220 g/mol. The molecule has 0 radical (unpaired) electrons. The lowest BCUT2D eigenvalue weighted by Gasteiger charge is -2.15. The number of hydrogen-bond donors (Lipinski definition) is 0. The molecule has 1 saturated heterocycles. The van der Waals surface area contributed by atoms with Gasteiger partial charge in [-0.15, -0.1) is 5.92 Å². The summed E-state index contributed by atoms with van der Waals surface area (Å²) in [6.07, 6.45) is 2.29. The van der Waals surface area contributed by atoms with E-state index in [-0.39, 0.29) is 18.2 Å². The van der Waals surface area contributed by atoms with E-state index in [4.69, 9.17) is 14.2 Å². The first-order valence-electron chi connectivity index (χ1n) is 5.61. The van der Waals surface area contributed by atoms with E-state index in [1.165, 1.54) is 6.08 Å². The zero-order chi connectivity index (χ0) is 12.9. The van der Waals surface area contributed by atoms with Crippen LogP contribution in [0.2, 0.25) is 0 Å². The van der Waals surface area contributed by atoms with E-state index in [9.17, 15) is 4.79 Å². The van der Waals surface area contributed by atoms with Gasteiger partial charge in [-0.1, -0.05) is 5.92 Å². The van der Waals surface area contributed by atoms with Crippen LogP contribution in [0.4, 0.5) is 0 Å². The van der Waals surface area contributed by atoms with Crippen molar-refractivity contribution in [2.45, 2.75) is 45.7 Å². The van der Waals surface area contributed by atoms with Gasteiger partial charge in [0.05, 0.1) is 6.61 Å². The van der Waals surface area contributed by atoms with E-state index in [1.54, 1.807) is 19.9 Å². The van der Waals surface area contributed by atoms with Crippen LogP contribution in [0, 0.1) is 11.8 Å². The second-order valence-electron chi connectivity index (χ2n) is 4.03. The molecule has 0 aromatic carbocycles. The van der Waals surface area contributed by atoms with Crippen molar-refractivity contribution < 1.29 is 19.0 Å². The number of esters is 1. The van der Waals surface area contributed by atoms with Gasteiger partial charge in [0.1, 0.15) is 6.10 Å². The maximum atomic E-state index is 11.2. The SMILES string of the molecule is CC#CC1OC(C)(C)OC1C=CC(=O)OCC. The Morgan fingerprint density at radius 1 is 1.47 bits per heavy atom. The van der Waals surface area contributed by atoms with Crippen molar-refractivity contribution in [3.63, 3.8) is 0 Å². The van der Waals surface area contributed by atoms with Gasteiger partial charge in [-0.2, -0.15) is 0 Å². The van der Waals surface area contributed by atoms with Crippen LogP contribution in [-0.4, -0.2) is 30.6 Å². The van der Waals surface area contributed by atoms with Crippen LogP contribution in [0.3, 0.4) is 0 Å². The molecule has 0 spiro atoms. The molecule has 0 aromatic rings. The predicted molar refractivity (Wildman–Crippen MR) is 63.0 cm³/mol. The van der Waals surface area contributed by atoms with Gasteiger partial charge in [-0.3, -0.25) is 0 Å². The van der Waals surface area contributed by atoms with Crippen LogP contribution < -0.4 is 0 Å². The highest BCUT2D eigenvalue weighted by Crippen LogP contribution is 2.28. The van der Waals surface area contributed by atoms with E-state index in [2.05, 4.69) is 11.8 Å². The summed E-state index contributed by atoms with van der Waals surface area (Å²) >= 11 is 0. The molecule has 0 N–H and O–H groups in total. The summed E-state index contributed by atoms with van der Waals surface area (Å²) in [5, 5.41) is 0. The first-order chi connectivity index (χ1) is 7.98. The number of rotatable bonds is 3. The Balaban J connectivity index is 2.67. The minimum atomic E-state index is -0.682. The van der Waals surface area contributed by atoms with Gasteiger partial charge in [0.2, 0.25) is 0 Å². The summed E-state index contributed by atoms with van der Waals surface area (Å²) in [5.41, 5.74) is 0. The molecule has 0 aliphatic carbocycles. The highest BCUT2D eigenvalue weighted by atomic mass is 16.7. The third-order valence-electron chi connectivity index (χ3n) is 2.12. The molecule has 1 aliphatic rings. The van der Waals surface area contributed by atoms with Gasteiger partial charge in [0, 0.05) is 6.08 Å². The van der Waals surface area contributed by atoms with Crippen molar-refractivity contribution in [2.24, 2.45) is 0 Å². The molecule has 4 nitrogen and oxygen atoms in total. The maximum absolute atomic E-state index is 11.2. The van der Waals surface area contributed by atoms with E-state index in [0.717, 1.165) is 0 Å². The van der Waals surface area contributed by atoms with Crippen molar-refractivity contribution in [3.8, 4) is 11.8 Å². The average molecular weight is 238 g/mol. The normalized spacial score (nSPS) is 26.6. The number of carbonyl (C=O) groups is 1. The fourth-order valence-corrected chi connectivity index (χ4v) is 1.55. The molecule has 4 heteroatoms. The highest BCUT2D eigenvalue weighted by molar-refractivity contribution is 5.82. The molecule has 1 fully saturated rings. The molecule has 1 rings (SSSR count). The smallest absolute Gasteiger partial charge is 0.330 e. The number of carbonyl (C=O) groups excluding carboxylic acids is 1. The first-order valence-corrected chi connectivity index (χ1v) is 5.61. The fourth-order valence-electron chi connectivity index (χ4n) is 1.55. The number of ether oxygens (including phenoxy) is 3. The molecule has 2 unspecified atom stereocenters. The van der Waals surface area contributed by atoms with E-state index in [0.29, 0.717) is 6.61 Å². The summed E-state index contributed by atoms with van der Waals surface area (Å²) in [5.74, 6) is 4.62.